The summed E-state index contributed by atoms with van der Waals surface area (Å²) in [7, 11) is 0. The lowest BCUT2D eigenvalue weighted by molar-refractivity contribution is 0.626. The van der Waals surface area contributed by atoms with Crippen LogP contribution in [0.2, 0.25) is 0 Å². The van der Waals surface area contributed by atoms with Gasteiger partial charge in [-0.25, -0.2) is 4.39 Å². The fourth-order valence-electron chi connectivity index (χ4n) is 1.60. The summed E-state index contributed by atoms with van der Waals surface area (Å²) in [5.41, 5.74) is 2.18. The molecule has 68 valence electrons. The van der Waals surface area contributed by atoms with Crippen LogP contribution in [-0.4, -0.2) is 4.40 Å². The van der Waals surface area contributed by atoms with Crippen LogP contribution < -0.4 is 0 Å². The van der Waals surface area contributed by atoms with Gasteiger partial charge in [-0.1, -0.05) is 13.3 Å². The largest absolute Gasteiger partial charge is 0.321 e. The number of rotatable bonds is 2. The zero-order valence-corrected chi connectivity index (χ0v) is 7.63. The summed E-state index contributed by atoms with van der Waals surface area (Å²) in [6, 6.07) is 7.05. The molecule has 0 atom stereocenters. The van der Waals surface area contributed by atoms with Gasteiger partial charge in [0.05, 0.1) is 0 Å². The summed E-state index contributed by atoms with van der Waals surface area (Å²) in [6.07, 6.45) is 3.94. The quantitative estimate of drug-likeness (QED) is 0.664. The highest BCUT2D eigenvalue weighted by atomic mass is 19.1. The molecule has 0 saturated carbocycles. The van der Waals surface area contributed by atoms with E-state index in [1.54, 1.807) is 12.3 Å². The molecule has 0 unspecified atom stereocenters. The molecule has 2 heterocycles. The van der Waals surface area contributed by atoms with Gasteiger partial charge in [-0.15, -0.1) is 0 Å². The Labute approximate surface area is 76.8 Å². The van der Waals surface area contributed by atoms with Crippen molar-refractivity contribution in [2.24, 2.45) is 0 Å². The molecule has 2 rings (SSSR count). The van der Waals surface area contributed by atoms with Crippen LogP contribution in [0.15, 0.2) is 30.5 Å². The van der Waals surface area contributed by atoms with Crippen molar-refractivity contribution in [1.82, 2.24) is 4.40 Å². The Morgan fingerprint density at radius 1 is 1.31 bits per heavy atom. The second-order valence-corrected chi connectivity index (χ2v) is 3.21. The van der Waals surface area contributed by atoms with Gasteiger partial charge < -0.3 is 4.40 Å². The second kappa shape index (κ2) is 3.21. The molecule has 0 aliphatic heterocycles. The SMILES string of the molecule is CCCc1ccc2cc(F)ccn12. The van der Waals surface area contributed by atoms with E-state index in [0.29, 0.717) is 0 Å². The Morgan fingerprint density at radius 2 is 2.15 bits per heavy atom. The van der Waals surface area contributed by atoms with E-state index in [0.717, 1.165) is 18.4 Å². The number of fused-ring (bicyclic) bond motifs is 1. The highest BCUT2D eigenvalue weighted by Crippen LogP contribution is 2.12. The van der Waals surface area contributed by atoms with Crippen molar-refractivity contribution in [1.29, 1.82) is 0 Å². The summed E-state index contributed by atoms with van der Waals surface area (Å²) in [4.78, 5) is 0. The van der Waals surface area contributed by atoms with Gasteiger partial charge in [0.15, 0.2) is 0 Å². The van der Waals surface area contributed by atoms with Gasteiger partial charge >= 0.3 is 0 Å². The molecule has 0 amide bonds. The lowest BCUT2D eigenvalue weighted by Gasteiger charge is -2.00. The Balaban J connectivity index is 2.55. The third kappa shape index (κ3) is 1.44. The van der Waals surface area contributed by atoms with Crippen LogP contribution in [0, 0.1) is 5.82 Å². The zero-order valence-electron chi connectivity index (χ0n) is 7.63. The van der Waals surface area contributed by atoms with E-state index in [-0.39, 0.29) is 5.82 Å². The van der Waals surface area contributed by atoms with Crippen molar-refractivity contribution in [3.8, 4) is 0 Å². The fraction of sp³-hybridized carbons (Fsp3) is 0.273. The lowest BCUT2D eigenvalue weighted by atomic mass is 10.2. The van der Waals surface area contributed by atoms with Gasteiger partial charge in [-0.2, -0.15) is 0 Å². The number of hydrogen-bond donors (Lipinski definition) is 0. The fourth-order valence-corrected chi connectivity index (χ4v) is 1.60. The van der Waals surface area contributed by atoms with Gasteiger partial charge in [0.1, 0.15) is 5.82 Å². The minimum Gasteiger partial charge on any atom is -0.321 e. The zero-order chi connectivity index (χ0) is 9.26. The molecule has 0 aliphatic carbocycles. The molecular weight excluding hydrogens is 165 g/mol. The molecule has 1 nitrogen and oxygen atoms in total. The van der Waals surface area contributed by atoms with Crippen molar-refractivity contribution >= 4 is 5.52 Å². The maximum absolute atomic E-state index is 12.8. The predicted octanol–water partition coefficient (Wildman–Crippen LogP) is 3.03. The van der Waals surface area contributed by atoms with Gasteiger partial charge in [0.2, 0.25) is 0 Å². The van der Waals surface area contributed by atoms with Gasteiger partial charge in [-0.05, 0) is 30.7 Å². The van der Waals surface area contributed by atoms with Gasteiger partial charge in [0, 0.05) is 17.4 Å². The van der Waals surface area contributed by atoms with Crippen molar-refractivity contribution in [2.45, 2.75) is 19.8 Å². The first-order chi connectivity index (χ1) is 6.31. The maximum atomic E-state index is 12.8. The molecule has 0 bridgehead atoms. The summed E-state index contributed by atoms with van der Waals surface area (Å²) in [5.74, 6) is -0.173. The van der Waals surface area contributed by atoms with E-state index < -0.39 is 0 Å². The molecule has 0 aliphatic rings. The Morgan fingerprint density at radius 3 is 2.92 bits per heavy atom. The normalized spacial score (nSPS) is 10.9. The minimum absolute atomic E-state index is 0.173. The summed E-state index contributed by atoms with van der Waals surface area (Å²) in [5, 5.41) is 0. The number of aryl methyl sites for hydroxylation is 1. The molecule has 2 heteroatoms. The van der Waals surface area contributed by atoms with Crippen molar-refractivity contribution < 1.29 is 4.39 Å². The summed E-state index contributed by atoms with van der Waals surface area (Å²) in [6.45, 7) is 2.14. The van der Waals surface area contributed by atoms with E-state index in [1.807, 2.05) is 10.5 Å². The van der Waals surface area contributed by atoms with Crippen LogP contribution in [0.1, 0.15) is 19.0 Å². The van der Waals surface area contributed by atoms with Crippen molar-refractivity contribution in [3.63, 3.8) is 0 Å². The highest BCUT2D eigenvalue weighted by Gasteiger charge is 2.00. The van der Waals surface area contributed by atoms with E-state index in [9.17, 15) is 4.39 Å². The first-order valence-corrected chi connectivity index (χ1v) is 4.57. The smallest absolute Gasteiger partial charge is 0.126 e. The Kier molecular flexibility index (Phi) is 2.05. The van der Waals surface area contributed by atoms with Crippen LogP contribution in [-0.2, 0) is 6.42 Å². The number of aromatic nitrogens is 1. The summed E-state index contributed by atoms with van der Waals surface area (Å²) >= 11 is 0. The minimum atomic E-state index is -0.173. The Bertz CT molecular complexity index is 417. The molecule has 0 N–H and O–H groups in total. The van der Waals surface area contributed by atoms with Gasteiger partial charge in [0.25, 0.3) is 0 Å². The third-order valence-electron chi connectivity index (χ3n) is 2.21. The second-order valence-electron chi connectivity index (χ2n) is 3.21. The monoisotopic (exact) mass is 177 g/mol. The molecule has 0 spiro atoms. The number of hydrogen-bond acceptors (Lipinski definition) is 0. The highest BCUT2D eigenvalue weighted by molar-refractivity contribution is 5.49. The predicted molar refractivity (Wildman–Crippen MR) is 51.4 cm³/mol. The van der Waals surface area contributed by atoms with Crippen LogP contribution in [0.3, 0.4) is 0 Å². The van der Waals surface area contributed by atoms with Gasteiger partial charge in [-0.3, -0.25) is 0 Å². The molecule has 2 aromatic heterocycles. The van der Waals surface area contributed by atoms with Crippen LogP contribution in [0.4, 0.5) is 4.39 Å². The van der Waals surface area contributed by atoms with E-state index in [2.05, 4.69) is 13.0 Å². The first kappa shape index (κ1) is 8.30. The average molecular weight is 177 g/mol. The maximum Gasteiger partial charge on any atom is 0.126 e. The van der Waals surface area contributed by atoms with Crippen LogP contribution in [0.25, 0.3) is 5.52 Å². The third-order valence-corrected chi connectivity index (χ3v) is 2.21. The van der Waals surface area contributed by atoms with E-state index in [1.165, 1.54) is 11.8 Å². The molecule has 0 saturated heterocycles. The lowest BCUT2D eigenvalue weighted by Crippen LogP contribution is -1.91. The van der Waals surface area contributed by atoms with Crippen molar-refractivity contribution in [2.75, 3.05) is 0 Å². The van der Waals surface area contributed by atoms with E-state index in [4.69, 9.17) is 0 Å². The molecule has 0 aromatic carbocycles. The summed E-state index contributed by atoms with van der Waals surface area (Å²) < 4.78 is 14.9. The van der Waals surface area contributed by atoms with Crippen molar-refractivity contribution in [3.05, 3.63) is 42.0 Å². The number of halogens is 1. The molecule has 2 aromatic rings. The molecule has 0 radical (unpaired) electrons. The number of pyridine rings is 1. The average Bonchev–Trinajstić information content (AvgIpc) is 2.49. The van der Waals surface area contributed by atoms with Crippen LogP contribution in [0.5, 0.6) is 0 Å². The van der Waals surface area contributed by atoms with Crippen LogP contribution >= 0.6 is 0 Å². The molecule has 0 fully saturated rings. The number of nitrogens with zero attached hydrogens (tertiary/aromatic N) is 1. The molecule has 13 heavy (non-hydrogen) atoms. The molecular formula is C11H12FN. The topological polar surface area (TPSA) is 4.41 Å². The van der Waals surface area contributed by atoms with E-state index >= 15 is 0 Å². The Hall–Kier alpha value is -1.31. The standard InChI is InChI=1S/C11H12FN/c1-2-3-10-4-5-11-8-9(12)6-7-13(10)11/h4-8H,2-3H2,1H3. The first-order valence-electron chi connectivity index (χ1n) is 4.57.